The van der Waals surface area contributed by atoms with Crippen LogP contribution in [-0.2, 0) is 9.59 Å². The van der Waals surface area contributed by atoms with E-state index < -0.39 is 5.91 Å². The molecule has 0 aliphatic carbocycles. The van der Waals surface area contributed by atoms with E-state index in [0.29, 0.717) is 13.1 Å². The first-order chi connectivity index (χ1) is 5.61. The fourth-order valence-electron chi connectivity index (χ4n) is 0.794. The van der Waals surface area contributed by atoms with E-state index in [1.165, 1.54) is 6.08 Å². The Morgan fingerprint density at radius 1 is 1.25 bits per heavy atom. The first-order valence-corrected chi connectivity index (χ1v) is 3.88. The van der Waals surface area contributed by atoms with E-state index in [1.54, 1.807) is 4.90 Å². The maximum absolute atomic E-state index is 11.1. The average Bonchev–Trinajstić information content (AvgIpc) is 2.03. The first-order valence-electron chi connectivity index (χ1n) is 3.88. The summed E-state index contributed by atoms with van der Waals surface area (Å²) in [5, 5.41) is 0. The lowest BCUT2D eigenvalue weighted by Gasteiger charge is -2.15. The van der Waals surface area contributed by atoms with Gasteiger partial charge in [-0.05, 0) is 13.8 Å². The SMILES string of the molecule is CCN(CC)C(=O)/C=C/C(N)=O. The minimum Gasteiger partial charge on any atom is -0.366 e. The number of rotatable bonds is 4. The van der Waals surface area contributed by atoms with Crippen LogP contribution in [0.2, 0.25) is 0 Å². The Kier molecular flexibility index (Phi) is 4.76. The Morgan fingerprint density at radius 2 is 1.75 bits per heavy atom. The van der Waals surface area contributed by atoms with Crippen molar-refractivity contribution in [2.45, 2.75) is 13.8 Å². The van der Waals surface area contributed by atoms with E-state index in [2.05, 4.69) is 0 Å². The molecule has 0 heterocycles. The molecule has 0 rings (SSSR count). The van der Waals surface area contributed by atoms with Crippen LogP contribution in [0.4, 0.5) is 0 Å². The van der Waals surface area contributed by atoms with Gasteiger partial charge in [-0.3, -0.25) is 9.59 Å². The van der Waals surface area contributed by atoms with E-state index in [-0.39, 0.29) is 5.91 Å². The van der Waals surface area contributed by atoms with Gasteiger partial charge in [0.25, 0.3) is 0 Å². The molecule has 2 N–H and O–H groups in total. The zero-order valence-corrected chi connectivity index (χ0v) is 7.41. The average molecular weight is 170 g/mol. The molecule has 2 amide bonds. The van der Waals surface area contributed by atoms with Gasteiger partial charge in [-0.15, -0.1) is 0 Å². The maximum Gasteiger partial charge on any atom is 0.246 e. The third kappa shape index (κ3) is 3.75. The lowest BCUT2D eigenvalue weighted by molar-refractivity contribution is -0.126. The molecule has 0 aliphatic rings. The quantitative estimate of drug-likeness (QED) is 0.599. The largest absolute Gasteiger partial charge is 0.366 e. The molecule has 0 saturated carbocycles. The zero-order chi connectivity index (χ0) is 9.56. The predicted molar refractivity (Wildman–Crippen MR) is 46.3 cm³/mol. The van der Waals surface area contributed by atoms with Crippen molar-refractivity contribution < 1.29 is 9.59 Å². The molecule has 0 saturated heterocycles. The van der Waals surface area contributed by atoms with Crippen LogP contribution in [0.15, 0.2) is 12.2 Å². The van der Waals surface area contributed by atoms with Gasteiger partial charge >= 0.3 is 0 Å². The second kappa shape index (κ2) is 5.35. The van der Waals surface area contributed by atoms with E-state index in [0.717, 1.165) is 6.08 Å². The van der Waals surface area contributed by atoms with E-state index in [1.807, 2.05) is 13.8 Å². The summed E-state index contributed by atoms with van der Waals surface area (Å²) < 4.78 is 0. The Morgan fingerprint density at radius 3 is 2.08 bits per heavy atom. The number of nitrogens with zero attached hydrogens (tertiary/aromatic N) is 1. The molecule has 0 aromatic rings. The van der Waals surface area contributed by atoms with Crippen LogP contribution in [0.25, 0.3) is 0 Å². The predicted octanol–water partition coefficient (Wildman–Crippen LogP) is -0.104. The number of hydrogen-bond acceptors (Lipinski definition) is 2. The van der Waals surface area contributed by atoms with Gasteiger partial charge in [0.15, 0.2) is 0 Å². The van der Waals surface area contributed by atoms with Gasteiger partial charge in [0.05, 0.1) is 0 Å². The zero-order valence-electron chi connectivity index (χ0n) is 7.41. The van der Waals surface area contributed by atoms with Crippen molar-refractivity contribution >= 4 is 11.8 Å². The molecule has 0 unspecified atom stereocenters. The molecule has 4 heteroatoms. The van der Waals surface area contributed by atoms with Crippen molar-refractivity contribution in [2.75, 3.05) is 13.1 Å². The summed E-state index contributed by atoms with van der Waals surface area (Å²) in [5.41, 5.74) is 4.83. The van der Waals surface area contributed by atoms with Gasteiger partial charge in [-0.2, -0.15) is 0 Å². The second-order valence-electron chi connectivity index (χ2n) is 2.25. The topological polar surface area (TPSA) is 63.4 Å². The van der Waals surface area contributed by atoms with Crippen molar-refractivity contribution in [3.05, 3.63) is 12.2 Å². The van der Waals surface area contributed by atoms with Gasteiger partial charge in [0, 0.05) is 25.2 Å². The Hall–Kier alpha value is -1.32. The summed E-state index contributed by atoms with van der Waals surface area (Å²) in [6, 6.07) is 0. The van der Waals surface area contributed by atoms with Crippen molar-refractivity contribution in [1.29, 1.82) is 0 Å². The van der Waals surface area contributed by atoms with Gasteiger partial charge in [-0.1, -0.05) is 0 Å². The number of carbonyl (C=O) groups is 2. The highest BCUT2D eigenvalue weighted by molar-refractivity contribution is 5.95. The van der Waals surface area contributed by atoms with E-state index in [9.17, 15) is 9.59 Å². The van der Waals surface area contributed by atoms with Crippen molar-refractivity contribution in [3.8, 4) is 0 Å². The standard InChI is InChI=1S/C8H14N2O2/c1-3-10(4-2)8(12)6-5-7(9)11/h5-6H,3-4H2,1-2H3,(H2,9,11)/b6-5+. The molecule has 0 aliphatic heterocycles. The highest BCUT2D eigenvalue weighted by Gasteiger charge is 2.04. The smallest absolute Gasteiger partial charge is 0.246 e. The molecule has 0 spiro atoms. The molecule has 68 valence electrons. The Balaban J connectivity index is 4.10. The van der Waals surface area contributed by atoms with Gasteiger partial charge in [0.2, 0.25) is 11.8 Å². The molecule has 0 radical (unpaired) electrons. The van der Waals surface area contributed by atoms with E-state index >= 15 is 0 Å². The Bertz CT molecular complexity index is 195. The van der Waals surface area contributed by atoms with E-state index in [4.69, 9.17) is 5.73 Å². The molecule has 0 atom stereocenters. The molecule has 0 fully saturated rings. The van der Waals surface area contributed by atoms with Gasteiger partial charge in [0.1, 0.15) is 0 Å². The molecule has 0 aromatic heterocycles. The number of primary amides is 1. The fourth-order valence-corrected chi connectivity index (χ4v) is 0.794. The number of nitrogens with two attached hydrogens (primary N) is 1. The number of carbonyl (C=O) groups excluding carboxylic acids is 2. The summed E-state index contributed by atoms with van der Waals surface area (Å²) >= 11 is 0. The Labute approximate surface area is 72.0 Å². The maximum atomic E-state index is 11.1. The number of likely N-dealkylation sites (N-methyl/N-ethyl adjacent to an activating group) is 1. The molecule has 12 heavy (non-hydrogen) atoms. The summed E-state index contributed by atoms with van der Waals surface area (Å²) in [5.74, 6) is -0.783. The first kappa shape index (κ1) is 10.7. The highest BCUT2D eigenvalue weighted by atomic mass is 16.2. The normalized spacial score (nSPS) is 10.2. The molecular formula is C8H14N2O2. The lowest BCUT2D eigenvalue weighted by atomic mass is 10.4. The fraction of sp³-hybridized carbons (Fsp3) is 0.500. The van der Waals surface area contributed by atoms with Crippen LogP contribution in [0.1, 0.15) is 13.8 Å². The van der Waals surface area contributed by atoms with Crippen LogP contribution in [0, 0.1) is 0 Å². The summed E-state index contributed by atoms with van der Waals surface area (Å²) in [4.78, 5) is 23.0. The minimum atomic E-state index is -0.601. The van der Waals surface area contributed by atoms with Crippen molar-refractivity contribution in [3.63, 3.8) is 0 Å². The van der Waals surface area contributed by atoms with Crippen LogP contribution in [-0.4, -0.2) is 29.8 Å². The highest BCUT2D eigenvalue weighted by Crippen LogP contribution is 1.89. The van der Waals surface area contributed by atoms with Crippen LogP contribution >= 0.6 is 0 Å². The third-order valence-electron chi connectivity index (χ3n) is 1.47. The van der Waals surface area contributed by atoms with Gasteiger partial charge in [-0.25, -0.2) is 0 Å². The minimum absolute atomic E-state index is 0.182. The molecule has 0 aromatic carbocycles. The van der Waals surface area contributed by atoms with Crippen molar-refractivity contribution in [2.24, 2.45) is 5.73 Å². The summed E-state index contributed by atoms with van der Waals surface area (Å²) in [6.45, 7) is 5.02. The number of amides is 2. The lowest BCUT2D eigenvalue weighted by Crippen LogP contribution is -2.29. The summed E-state index contributed by atoms with van der Waals surface area (Å²) in [6.07, 6.45) is 2.26. The molecular weight excluding hydrogens is 156 g/mol. The molecule has 0 bridgehead atoms. The van der Waals surface area contributed by atoms with Crippen LogP contribution in [0.3, 0.4) is 0 Å². The second-order valence-corrected chi connectivity index (χ2v) is 2.25. The van der Waals surface area contributed by atoms with Gasteiger partial charge < -0.3 is 10.6 Å². The summed E-state index contributed by atoms with van der Waals surface area (Å²) in [7, 11) is 0. The van der Waals surface area contributed by atoms with Crippen LogP contribution < -0.4 is 5.73 Å². The van der Waals surface area contributed by atoms with Crippen molar-refractivity contribution in [1.82, 2.24) is 4.90 Å². The monoisotopic (exact) mass is 170 g/mol. The third-order valence-corrected chi connectivity index (χ3v) is 1.47. The number of hydrogen-bond donors (Lipinski definition) is 1. The van der Waals surface area contributed by atoms with Crippen LogP contribution in [0.5, 0.6) is 0 Å². The molecule has 4 nitrogen and oxygen atoms in total.